The van der Waals surface area contributed by atoms with Crippen molar-refractivity contribution < 1.29 is 23.9 Å². The molecule has 3 aromatic carbocycles. The van der Waals surface area contributed by atoms with Crippen LogP contribution in [0.1, 0.15) is 41.0 Å². The minimum atomic E-state index is -1.08. The van der Waals surface area contributed by atoms with Gasteiger partial charge in [0, 0.05) is 12.2 Å². The molecule has 7 heteroatoms. The first kappa shape index (κ1) is 25.2. The molecule has 36 heavy (non-hydrogen) atoms. The topological polar surface area (TPSA) is 74.6 Å². The van der Waals surface area contributed by atoms with Gasteiger partial charge in [0.25, 0.3) is 5.24 Å². The van der Waals surface area contributed by atoms with Crippen LogP contribution in [-0.2, 0) is 33.9 Å². The fraction of sp³-hybridized carbons (Fsp3) is 0.207. The lowest BCUT2D eigenvalue weighted by Crippen LogP contribution is -2.26. The summed E-state index contributed by atoms with van der Waals surface area (Å²) in [7, 11) is 0. The summed E-state index contributed by atoms with van der Waals surface area (Å²) in [5.41, 5.74) is 3.47. The van der Waals surface area contributed by atoms with Crippen LogP contribution in [0.2, 0.25) is 0 Å². The Morgan fingerprint density at radius 1 is 0.889 bits per heavy atom. The van der Waals surface area contributed by atoms with Crippen LogP contribution in [0.4, 0.5) is 0 Å². The normalized spacial score (nSPS) is 11.8. The number of ketones is 1. The van der Waals surface area contributed by atoms with Gasteiger partial charge in [-0.25, -0.2) is 4.79 Å². The minimum absolute atomic E-state index is 0.121. The van der Waals surface area contributed by atoms with Crippen molar-refractivity contribution in [1.29, 1.82) is 0 Å². The van der Waals surface area contributed by atoms with Crippen LogP contribution in [0.25, 0.3) is 10.9 Å². The Morgan fingerprint density at radius 3 is 2.14 bits per heavy atom. The molecule has 4 rings (SSSR count). The number of hydrogen-bond acceptors (Lipinski definition) is 5. The number of carbonyl (C=O) groups excluding carboxylic acids is 3. The van der Waals surface area contributed by atoms with Gasteiger partial charge < -0.3 is 14.0 Å². The molecular weight excluding hydrogens is 478 g/mol. The lowest BCUT2D eigenvalue weighted by molar-refractivity contribution is -0.152. The number of halogens is 1. The second-order valence-electron chi connectivity index (χ2n) is 8.35. The third-order valence-electron chi connectivity index (χ3n) is 5.94. The van der Waals surface area contributed by atoms with E-state index in [2.05, 4.69) is 0 Å². The van der Waals surface area contributed by atoms with E-state index in [1.165, 1.54) is 0 Å². The highest BCUT2D eigenvalue weighted by atomic mass is 35.5. The van der Waals surface area contributed by atoms with E-state index in [0.29, 0.717) is 35.3 Å². The number of aromatic nitrogens is 1. The molecule has 0 spiro atoms. The number of esters is 1. The molecule has 0 N–H and O–H groups in total. The number of carbonyl (C=O) groups is 3. The highest BCUT2D eigenvalue weighted by molar-refractivity contribution is 6.83. The largest absolute Gasteiger partial charge is 0.478 e. The highest BCUT2D eigenvalue weighted by Gasteiger charge is 2.29. The second-order valence-corrected chi connectivity index (χ2v) is 8.70. The van der Waals surface area contributed by atoms with Crippen molar-refractivity contribution in [3.8, 4) is 5.75 Å². The summed E-state index contributed by atoms with van der Waals surface area (Å²) >= 11 is 5.66. The first-order chi connectivity index (χ1) is 17.4. The van der Waals surface area contributed by atoms with E-state index in [1.54, 1.807) is 19.1 Å². The Balaban J connectivity index is 1.72. The van der Waals surface area contributed by atoms with Crippen molar-refractivity contribution in [3.05, 3.63) is 101 Å². The summed E-state index contributed by atoms with van der Waals surface area (Å²) in [6.45, 7) is 4.11. The fourth-order valence-electron chi connectivity index (χ4n) is 4.26. The molecule has 4 aromatic rings. The van der Waals surface area contributed by atoms with E-state index >= 15 is 0 Å². The number of benzene rings is 3. The Kier molecular flexibility index (Phi) is 7.86. The summed E-state index contributed by atoms with van der Waals surface area (Å²) in [6.07, 6.45) is -0.461. The van der Waals surface area contributed by atoms with Crippen molar-refractivity contribution in [2.45, 2.75) is 39.5 Å². The molecule has 0 aliphatic heterocycles. The SMILES string of the molecule is CCc1c(C(=O)C(=O)Cl)c2c(O[C@@H](C)C(=O)OCc3ccccc3)cccc2n1Cc1ccccc1. The highest BCUT2D eigenvalue weighted by Crippen LogP contribution is 2.36. The van der Waals surface area contributed by atoms with Crippen LogP contribution in [0.15, 0.2) is 78.9 Å². The third kappa shape index (κ3) is 5.34. The van der Waals surface area contributed by atoms with Gasteiger partial charge >= 0.3 is 5.97 Å². The molecule has 1 heterocycles. The number of Topliss-reactive ketones (excluding diaryl/α,β-unsaturated/α-hetero) is 1. The van der Waals surface area contributed by atoms with Gasteiger partial charge in [-0.3, -0.25) is 9.59 Å². The average molecular weight is 504 g/mol. The fourth-order valence-corrected chi connectivity index (χ4v) is 4.35. The molecule has 1 aromatic heterocycles. The van der Waals surface area contributed by atoms with Crippen LogP contribution in [0.3, 0.4) is 0 Å². The average Bonchev–Trinajstić information content (AvgIpc) is 3.21. The molecule has 184 valence electrons. The van der Waals surface area contributed by atoms with E-state index < -0.39 is 23.1 Å². The summed E-state index contributed by atoms with van der Waals surface area (Å²) in [6, 6.07) is 24.5. The molecule has 0 saturated carbocycles. The molecular formula is C29H26ClNO5. The lowest BCUT2D eigenvalue weighted by atomic mass is 10.0. The van der Waals surface area contributed by atoms with Gasteiger partial charge in [0.05, 0.1) is 16.5 Å². The minimum Gasteiger partial charge on any atom is -0.478 e. The summed E-state index contributed by atoms with van der Waals surface area (Å²) in [5.74, 6) is -1.04. The maximum absolute atomic E-state index is 13.0. The lowest BCUT2D eigenvalue weighted by Gasteiger charge is -2.15. The number of ether oxygens (including phenoxy) is 2. The van der Waals surface area contributed by atoms with Crippen molar-refractivity contribution >= 4 is 39.5 Å². The van der Waals surface area contributed by atoms with Crippen molar-refractivity contribution in [2.75, 3.05) is 0 Å². The molecule has 0 fully saturated rings. The zero-order chi connectivity index (χ0) is 25.7. The molecule has 0 bridgehead atoms. The van der Waals surface area contributed by atoms with Gasteiger partial charge in [0.1, 0.15) is 12.4 Å². The Labute approximate surface area is 214 Å². The second kappa shape index (κ2) is 11.2. The van der Waals surface area contributed by atoms with E-state index in [4.69, 9.17) is 21.1 Å². The molecule has 0 unspecified atom stereocenters. The van der Waals surface area contributed by atoms with Gasteiger partial charge in [-0.2, -0.15) is 0 Å². The number of rotatable bonds is 10. The zero-order valence-corrected chi connectivity index (χ0v) is 20.8. The van der Waals surface area contributed by atoms with Crippen LogP contribution in [0, 0.1) is 0 Å². The van der Waals surface area contributed by atoms with Gasteiger partial charge in [-0.05, 0) is 48.2 Å². The first-order valence-electron chi connectivity index (χ1n) is 11.7. The molecule has 0 amide bonds. The van der Waals surface area contributed by atoms with E-state index in [-0.39, 0.29) is 12.2 Å². The van der Waals surface area contributed by atoms with E-state index in [1.807, 2.05) is 78.2 Å². The Bertz CT molecular complexity index is 1400. The van der Waals surface area contributed by atoms with Gasteiger partial charge in [0.15, 0.2) is 6.10 Å². The van der Waals surface area contributed by atoms with Crippen molar-refractivity contribution in [3.63, 3.8) is 0 Å². The summed E-state index contributed by atoms with van der Waals surface area (Å²) in [4.78, 5) is 37.6. The zero-order valence-electron chi connectivity index (χ0n) is 20.1. The third-order valence-corrected chi connectivity index (χ3v) is 6.11. The van der Waals surface area contributed by atoms with Gasteiger partial charge in [0.2, 0.25) is 5.78 Å². The molecule has 0 radical (unpaired) electrons. The summed E-state index contributed by atoms with van der Waals surface area (Å²) < 4.78 is 13.4. The number of nitrogens with zero attached hydrogens (tertiary/aromatic N) is 1. The predicted molar refractivity (Wildman–Crippen MR) is 138 cm³/mol. The number of hydrogen-bond donors (Lipinski definition) is 0. The maximum atomic E-state index is 13.0. The predicted octanol–water partition coefficient (Wildman–Crippen LogP) is 5.71. The number of fused-ring (bicyclic) bond motifs is 1. The smallest absolute Gasteiger partial charge is 0.347 e. The van der Waals surface area contributed by atoms with Crippen molar-refractivity contribution in [1.82, 2.24) is 4.57 Å². The van der Waals surface area contributed by atoms with Crippen LogP contribution >= 0.6 is 11.6 Å². The molecule has 0 aliphatic carbocycles. The van der Waals surface area contributed by atoms with E-state index in [0.717, 1.165) is 11.1 Å². The van der Waals surface area contributed by atoms with Crippen LogP contribution < -0.4 is 4.74 Å². The summed E-state index contributed by atoms with van der Waals surface area (Å²) in [5, 5.41) is -0.624. The molecule has 0 aliphatic rings. The van der Waals surface area contributed by atoms with Gasteiger partial charge in [-0.1, -0.05) is 73.7 Å². The van der Waals surface area contributed by atoms with Crippen LogP contribution in [-0.4, -0.2) is 27.7 Å². The quantitative estimate of drug-likeness (QED) is 0.120. The van der Waals surface area contributed by atoms with Crippen molar-refractivity contribution in [2.24, 2.45) is 0 Å². The molecule has 0 saturated heterocycles. The molecule has 1 atom stereocenters. The standard InChI is InChI=1S/C29H26ClNO5/c1-3-22-26(27(32)28(30)33)25-23(31(22)17-20-11-6-4-7-12-20)15-10-16-24(25)36-19(2)29(34)35-18-21-13-8-5-9-14-21/h4-16,19H,3,17-18H2,1-2H3/t19-/m0/s1. The maximum Gasteiger partial charge on any atom is 0.347 e. The van der Waals surface area contributed by atoms with Gasteiger partial charge in [-0.15, -0.1) is 0 Å². The molecule has 6 nitrogen and oxygen atoms in total. The monoisotopic (exact) mass is 503 g/mol. The Hall–Kier alpha value is -3.90. The Morgan fingerprint density at radius 2 is 1.53 bits per heavy atom. The first-order valence-corrected chi connectivity index (χ1v) is 12.1. The van der Waals surface area contributed by atoms with E-state index in [9.17, 15) is 14.4 Å². The van der Waals surface area contributed by atoms with Crippen LogP contribution in [0.5, 0.6) is 5.75 Å².